The molecule has 0 aliphatic rings. The normalized spacial score (nSPS) is 11.8. The SMILES string of the molecule is COc1ccccc1-n1cnnc1SC(C)C(=O)NC(c1ccccc1)c1ccccc1. The number of para-hydroxylation sites is 2. The van der Waals surface area contributed by atoms with E-state index >= 15 is 0 Å². The van der Waals surface area contributed by atoms with Crippen molar-refractivity contribution in [2.24, 2.45) is 0 Å². The number of carbonyl (C=O) groups excluding carboxylic acids is 1. The van der Waals surface area contributed by atoms with Gasteiger partial charge in [0.1, 0.15) is 12.1 Å². The van der Waals surface area contributed by atoms with E-state index in [1.165, 1.54) is 11.8 Å². The first-order valence-electron chi connectivity index (χ1n) is 10.3. The van der Waals surface area contributed by atoms with Gasteiger partial charge < -0.3 is 10.1 Å². The van der Waals surface area contributed by atoms with Crippen molar-refractivity contribution in [2.45, 2.75) is 23.4 Å². The maximum absolute atomic E-state index is 13.2. The summed E-state index contributed by atoms with van der Waals surface area (Å²) < 4.78 is 7.29. The van der Waals surface area contributed by atoms with Crippen LogP contribution in [0.25, 0.3) is 5.69 Å². The quantitative estimate of drug-likeness (QED) is 0.400. The van der Waals surface area contributed by atoms with Crippen LogP contribution >= 0.6 is 11.8 Å². The highest BCUT2D eigenvalue weighted by molar-refractivity contribution is 8.00. The van der Waals surface area contributed by atoms with Crippen LogP contribution in [-0.4, -0.2) is 33.0 Å². The number of ether oxygens (including phenoxy) is 1. The molecule has 1 unspecified atom stereocenters. The molecule has 32 heavy (non-hydrogen) atoms. The lowest BCUT2D eigenvalue weighted by molar-refractivity contribution is -0.120. The van der Waals surface area contributed by atoms with Crippen LogP contribution in [0.4, 0.5) is 0 Å². The van der Waals surface area contributed by atoms with Gasteiger partial charge in [-0.1, -0.05) is 84.6 Å². The second-order valence-electron chi connectivity index (χ2n) is 7.18. The molecule has 162 valence electrons. The highest BCUT2D eigenvalue weighted by Gasteiger charge is 2.23. The number of aromatic nitrogens is 3. The summed E-state index contributed by atoms with van der Waals surface area (Å²) in [6.45, 7) is 1.87. The summed E-state index contributed by atoms with van der Waals surface area (Å²) in [5.41, 5.74) is 2.88. The Balaban J connectivity index is 1.54. The van der Waals surface area contributed by atoms with Gasteiger partial charge in [-0.05, 0) is 30.2 Å². The number of amides is 1. The number of hydrogen-bond acceptors (Lipinski definition) is 5. The van der Waals surface area contributed by atoms with E-state index in [2.05, 4.69) is 15.5 Å². The number of methoxy groups -OCH3 is 1. The molecule has 0 saturated heterocycles. The van der Waals surface area contributed by atoms with E-state index < -0.39 is 0 Å². The van der Waals surface area contributed by atoms with Gasteiger partial charge in [-0.15, -0.1) is 10.2 Å². The van der Waals surface area contributed by atoms with Crippen LogP contribution in [0.3, 0.4) is 0 Å². The fraction of sp³-hybridized carbons (Fsp3) is 0.160. The van der Waals surface area contributed by atoms with E-state index in [1.807, 2.05) is 96.4 Å². The monoisotopic (exact) mass is 444 g/mol. The maximum atomic E-state index is 13.2. The fourth-order valence-electron chi connectivity index (χ4n) is 3.42. The summed E-state index contributed by atoms with van der Waals surface area (Å²) in [6, 6.07) is 27.3. The molecule has 4 aromatic rings. The number of nitrogens with zero attached hydrogens (tertiary/aromatic N) is 3. The fourth-order valence-corrected chi connectivity index (χ4v) is 4.26. The molecule has 1 aromatic heterocycles. The Morgan fingerprint density at radius 3 is 2.16 bits per heavy atom. The summed E-state index contributed by atoms with van der Waals surface area (Å²) in [5.74, 6) is 0.627. The molecule has 0 aliphatic heterocycles. The van der Waals surface area contributed by atoms with Gasteiger partial charge in [0.2, 0.25) is 5.91 Å². The molecule has 7 heteroatoms. The predicted molar refractivity (Wildman–Crippen MR) is 126 cm³/mol. The third-order valence-electron chi connectivity index (χ3n) is 5.07. The van der Waals surface area contributed by atoms with Gasteiger partial charge >= 0.3 is 0 Å². The Kier molecular flexibility index (Phi) is 6.87. The molecule has 1 heterocycles. The molecular weight excluding hydrogens is 420 g/mol. The summed E-state index contributed by atoms with van der Waals surface area (Å²) in [4.78, 5) is 13.2. The number of nitrogens with one attached hydrogen (secondary N) is 1. The highest BCUT2D eigenvalue weighted by Crippen LogP contribution is 2.29. The van der Waals surface area contributed by atoms with Crippen molar-refractivity contribution >= 4 is 17.7 Å². The van der Waals surface area contributed by atoms with Gasteiger partial charge in [0.25, 0.3) is 0 Å². The van der Waals surface area contributed by atoms with Gasteiger partial charge in [0.05, 0.1) is 24.1 Å². The smallest absolute Gasteiger partial charge is 0.234 e. The minimum atomic E-state index is -0.386. The number of thioether (sulfide) groups is 1. The van der Waals surface area contributed by atoms with Crippen LogP contribution in [0.2, 0.25) is 0 Å². The molecule has 0 aliphatic carbocycles. The molecule has 6 nitrogen and oxygen atoms in total. The second kappa shape index (κ2) is 10.2. The van der Waals surface area contributed by atoms with Crippen LogP contribution < -0.4 is 10.1 Å². The number of rotatable bonds is 8. The summed E-state index contributed by atoms with van der Waals surface area (Å²) in [5, 5.41) is 11.7. The van der Waals surface area contributed by atoms with Crippen LogP contribution in [0.1, 0.15) is 24.1 Å². The lowest BCUT2D eigenvalue weighted by atomic mass is 9.98. The molecule has 0 fully saturated rings. The highest BCUT2D eigenvalue weighted by atomic mass is 32.2. The first-order valence-corrected chi connectivity index (χ1v) is 11.2. The van der Waals surface area contributed by atoms with E-state index in [4.69, 9.17) is 4.74 Å². The van der Waals surface area contributed by atoms with E-state index in [0.717, 1.165) is 16.8 Å². The van der Waals surface area contributed by atoms with Crippen LogP contribution in [0.15, 0.2) is 96.4 Å². The number of hydrogen-bond donors (Lipinski definition) is 1. The van der Waals surface area contributed by atoms with Gasteiger partial charge in [0, 0.05) is 0 Å². The Morgan fingerprint density at radius 2 is 1.53 bits per heavy atom. The standard InChI is InChI=1S/C25H24N4O2S/c1-18(32-25-28-26-17-29(25)21-15-9-10-16-22(21)31-2)24(30)27-23(19-11-5-3-6-12-19)20-13-7-4-8-14-20/h3-18,23H,1-2H3,(H,27,30). The van der Waals surface area contributed by atoms with Crippen LogP contribution in [0.5, 0.6) is 5.75 Å². The first-order chi connectivity index (χ1) is 15.7. The van der Waals surface area contributed by atoms with Crippen molar-refractivity contribution in [1.82, 2.24) is 20.1 Å². The van der Waals surface area contributed by atoms with Crippen LogP contribution in [0, 0.1) is 0 Å². The Hall–Kier alpha value is -3.58. The molecule has 1 N–H and O–H groups in total. The molecule has 0 bridgehead atoms. The molecule has 1 atom stereocenters. The molecule has 0 saturated carbocycles. The van der Waals surface area contributed by atoms with Gasteiger partial charge in [-0.3, -0.25) is 9.36 Å². The zero-order chi connectivity index (χ0) is 22.3. The molecule has 0 radical (unpaired) electrons. The lowest BCUT2D eigenvalue weighted by Gasteiger charge is -2.22. The zero-order valence-corrected chi connectivity index (χ0v) is 18.7. The predicted octanol–water partition coefficient (Wildman–Crippen LogP) is 4.66. The Morgan fingerprint density at radius 1 is 0.938 bits per heavy atom. The van der Waals surface area contributed by atoms with Crippen LogP contribution in [-0.2, 0) is 4.79 Å². The largest absolute Gasteiger partial charge is 0.495 e. The maximum Gasteiger partial charge on any atom is 0.234 e. The third kappa shape index (κ3) is 4.84. The Labute approximate surface area is 191 Å². The summed E-state index contributed by atoms with van der Waals surface area (Å²) >= 11 is 1.35. The van der Waals surface area contributed by atoms with E-state index in [0.29, 0.717) is 10.9 Å². The van der Waals surface area contributed by atoms with Crippen molar-refractivity contribution in [2.75, 3.05) is 7.11 Å². The van der Waals surface area contributed by atoms with Crippen molar-refractivity contribution in [3.8, 4) is 11.4 Å². The molecule has 1 amide bonds. The second-order valence-corrected chi connectivity index (χ2v) is 8.49. The van der Waals surface area contributed by atoms with Gasteiger partial charge in [-0.2, -0.15) is 0 Å². The van der Waals surface area contributed by atoms with Gasteiger partial charge in [-0.25, -0.2) is 0 Å². The average Bonchev–Trinajstić information content (AvgIpc) is 3.31. The minimum Gasteiger partial charge on any atom is -0.495 e. The molecule has 0 spiro atoms. The van der Waals surface area contributed by atoms with E-state index in [-0.39, 0.29) is 17.2 Å². The first kappa shape index (κ1) is 21.6. The number of benzene rings is 3. The third-order valence-corrected chi connectivity index (χ3v) is 6.12. The van der Waals surface area contributed by atoms with E-state index in [1.54, 1.807) is 13.4 Å². The van der Waals surface area contributed by atoms with Crippen molar-refractivity contribution in [1.29, 1.82) is 0 Å². The summed E-state index contributed by atoms with van der Waals surface area (Å²) in [7, 11) is 1.62. The molecular formula is C25H24N4O2S. The molecule has 3 aromatic carbocycles. The Bertz CT molecular complexity index is 1130. The molecule has 4 rings (SSSR count). The average molecular weight is 445 g/mol. The topological polar surface area (TPSA) is 69.0 Å². The van der Waals surface area contributed by atoms with Gasteiger partial charge in [0.15, 0.2) is 5.16 Å². The van der Waals surface area contributed by atoms with Crippen molar-refractivity contribution in [3.05, 3.63) is 102 Å². The lowest BCUT2D eigenvalue weighted by Crippen LogP contribution is -2.35. The van der Waals surface area contributed by atoms with Crippen molar-refractivity contribution in [3.63, 3.8) is 0 Å². The zero-order valence-electron chi connectivity index (χ0n) is 17.9. The number of carbonyl (C=O) groups is 1. The summed E-state index contributed by atoms with van der Waals surface area (Å²) in [6.07, 6.45) is 1.63. The van der Waals surface area contributed by atoms with E-state index in [9.17, 15) is 4.79 Å². The van der Waals surface area contributed by atoms with Crippen molar-refractivity contribution < 1.29 is 9.53 Å². The minimum absolute atomic E-state index is 0.0812.